The average molecular weight is 504 g/mol. The van der Waals surface area contributed by atoms with Crippen LogP contribution in [-0.4, -0.2) is 56.1 Å². The third kappa shape index (κ3) is 4.99. The van der Waals surface area contributed by atoms with Crippen molar-refractivity contribution in [3.8, 4) is 0 Å². The standard InChI is InChI=1S/C26H28F3N3O4/c1-17(33)30-25(36,26(27,28)29)22(15-19-11-7-5-8-12-19)32-21(20-13-9-6-10-14-20)16-31(18(2)34)24(3,4)23(32)35/h5-14,16,22,36H,15H2,1-4H3,(H,30,33). The number of aliphatic hydroxyl groups is 1. The van der Waals surface area contributed by atoms with E-state index in [-0.39, 0.29) is 5.70 Å². The number of nitrogens with zero attached hydrogens (tertiary/aromatic N) is 2. The van der Waals surface area contributed by atoms with Crippen molar-refractivity contribution in [1.29, 1.82) is 0 Å². The molecule has 0 fully saturated rings. The third-order valence-electron chi connectivity index (χ3n) is 6.13. The highest BCUT2D eigenvalue weighted by molar-refractivity contribution is 5.99. The van der Waals surface area contributed by atoms with E-state index < -0.39 is 47.6 Å². The number of rotatable bonds is 6. The molecular formula is C26H28F3N3O4. The Hall–Kier alpha value is -3.66. The van der Waals surface area contributed by atoms with Gasteiger partial charge in [0, 0.05) is 20.0 Å². The van der Waals surface area contributed by atoms with Gasteiger partial charge in [-0.2, -0.15) is 13.2 Å². The number of hydrogen-bond donors (Lipinski definition) is 2. The predicted octanol–water partition coefficient (Wildman–Crippen LogP) is 3.45. The third-order valence-corrected chi connectivity index (χ3v) is 6.13. The molecule has 0 aliphatic carbocycles. The van der Waals surface area contributed by atoms with Crippen LogP contribution in [0.4, 0.5) is 13.2 Å². The molecule has 0 aromatic heterocycles. The van der Waals surface area contributed by atoms with E-state index in [0.29, 0.717) is 11.1 Å². The summed E-state index contributed by atoms with van der Waals surface area (Å²) in [6.45, 7) is 4.91. The number of amides is 3. The molecule has 3 rings (SSSR count). The van der Waals surface area contributed by atoms with Crippen LogP contribution in [-0.2, 0) is 20.8 Å². The second kappa shape index (κ2) is 9.77. The van der Waals surface area contributed by atoms with Crippen LogP contribution in [0.15, 0.2) is 66.9 Å². The summed E-state index contributed by atoms with van der Waals surface area (Å²) in [6, 6.07) is 14.1. The molecule has 2 unspecified atom stereocenters. The normalized spacial score (nSPS) is 18.2. The quantitative estimate of drug-likeness (QED) is 0.591. The first-order valence-corrected chi connectivity index (χ1v) is 11.2. The molecule has 10 heteroatoms. The second-order valence-electron chi connectivity index (χ2n) is 9.15. The van der Waals surface area contributed by atoms with Crippen molar-refractivity contribution in [2.75, 3.05) is 0 Å². The van der Waals surface area contributed by atoms with Crippen molar-refractivity contribution in [1.82, 2.24) is 15.1 Å². The van der Waals surface area contributed by atoms with Crippen molar-refractivity contribution >= 4 is 23.4 Å². The molecule has 1 heterocycles. The van der Waals surface area contributed by atoms with Crippen molar-refractivity contribution < 1.29 is 32.7 Å². The molecule has 1 aliphatic heterocycles. The number of nitrogens with one attached hydrogen (secondary N) is 1. The Labute approximate surface area is 207 Å². The SMILES string of the molecule is CC(=O)NC(O)(C(Cc1ccccc1)N1C(=O)C(C)(C)N(C(C)=O)C=C1c1ccccc1)C(F)(F)F. The van der Waals surface area contributed by atoms with Gasteiger partial charge in [-0.1, -0.05) is 60.7 Å². The Balaban J connectivity index is 2.34. The molecular weight excluding hydrogens is 475 g/mol. The van der Waals surface area contributed by atoms with Crippen LogP contribution < -0.4 is 5.32 Å². The van der Waals surface area contributed by atoms with Gasteiger partial charge in [-0.3, -0.25) is 19.3 Å². The zero-order valence-electron chi connectivity index (χ0n) is 20.3. The summed E-state index contributed by atoms with van der Waals surface area (Å²) < 4.78 is 43.6. The van der Waals surface area contributed by atoms with E-state index in [1.165, 1.54) is 27.0 Å². The maximum Gasteiger partial charge on any atom is 0.438 e. The maximum atomic E-state index is 14.5. The molecule has 0 spiro atoms. The summed E-state index contributed by atoms with van der Waals surface area (Å²) in [4.78, 5) is 40.3. The Kier molecular flexibility index (Phi) is 7.31. The van der Waals surface area contributed by atoms with E-state index >= 15 is 0 Å². The molecule has 7 nitrogen and oxygen atoms in total. The number of alkyl halides is 3. The minimum absolute atomic E-state index is 0.0240. The zero-order valence-corrected chi connectivity index (χ0v) is 20.3. The van der Waals surface area contributed by atoms with Gasteiger partial charge in [0.25, 0.3) is 11.6 Å². The van der Waals surface area contributed by atoms with Gasteiger partial charge in [0.15, 0.2) is 0 Å². The van der Waals surface area contributed by atoms with Gasteiger partial charge in [-0.15, -0.1) is 0 Å². The molecule has 0 saturated carbocycles. The van der Waals surface area contributed by atoms with Gasteiger partial charge in [0.2, 0.25) is 11.8 Å². The summed E-state index contributed by atoms with van der Waals surface area (Å²) in [5.74, 6) is -2.48. The largest absolute Gasteiger partial charge is 0.438 e. The molecule has 2 N–H and O–H groups in total. The van der Waals surface area contributed by atoms with Crippen LogP contribution >= 0.6 is 0 Å². The van der Waals surface area contributed by atoms with Crippen molar-refractivity contribution in [2.45, 2.75) is 57.6 Å². The smallest absolute Gasteiger partial charge is 0.362 e. The van der Waals surface area contributed by atoms with Gasteiger partial charge in [-0.05, 0) is 31.4 Å². The zero-order chi connectivity index (χ0) is 26.9. The van der Waals surface area contributed by atoms with Crippen LogP contribution in [0.3, 0.4) is 0 Å². The Morgan fingerprint density at radius 2 is 1.53 bits per heavy atom. The van der Waals surface area contributed by atoms with Crippen LogP contribution in [0.5, 0.6) is 0 Å². The van der Waals surface area contributed by atoms with Crippen molar-refractivity contribution in [3.63, 3.8) is 0 Å². The van der Waals surface area contributed by atoms with E-state index in [1.54, 1.807) is 66.0 Å². The van der Waals surface area contributed by atoms with Crippen molar-refractivity contribution in [2.24, 2.45) is 0 Å². The summed E-state index contributed by atoms with van der Waals surface area (Å²) in [7, 11) is 0. The van der Waals surface area contributed by atoms with Gasteiger partial charge in [0.1, 0.15) is 5.54 Å². The van der Waals surface area contributed by atoms with E-state index in [9.17, 15) is 32.7 Å². The molecule has 0 saturated heterocycles. The van der Waals surface area contributed by atoms with E-state index in [4.69, 9.17) is 0 Å². The highest BCUT2D eigenvalue weighted by atomic mass is 19.4. The molecule has 0 radical (unpaired) electrons. The minimum Gasteiger partial charge on any atom is -0.362 e. The fourth-order valence-electron chi connectivity index (χ4n) is 4.34. The Bertz CT molecular complexity index is 1170. The lowest BCUT2D eigenvalue weighted by molar-refractivity contribution is -0.288. The van der Waals surface area contributed by atoms with E-state index in [2.05, 4.69) is 0 Å². The lowest BCUT2D eigenvalue weighted by atomic mass is 9.88. The molecule has 2 aromatic rings. The maximum absolute atomic E-state index is 14.5. The number of carbonyl (C=O) groups excluding carboxylic acids is 3. The predicted molar refractivity (Wildman–Crippen MR) is 127 cm³/mol. The highest BCUT2D eigenvalue weighted by Crippen LogP contribution is 2.41. The van der Waals surface area contributed by atoms with Gasteiger partial charge in [0.05, 0.1) is 11.7 Å². The second-order valence-corrected chi connectivity index (χ2v) is 9.15. The molecule has 1 aliphatic rings. The lowest BCUT2D eigenvalue weighted by Gasteiger charge is -2.50. The van der Waals surface area contributed by atoms with Crippen LogP contribution in [0, 0.1) is 0 Å². The Morgan fingerprint density at radius 1 is 1.00 bits per heavy atom. The number of hydrogen-bond acceptors (Lipinski definition) is 4. The summed E-state index contributed by atoms with van der Waals surface area (Å²) >= 11 is 0. The molecule has 2 aromatic carbocycles. The number of benzene rings is 2. The van der Waals surface area contributed by atoms with Gasteiger partial charge >= 0.3 is 6.18 Å². The molecule has 2 atom stereocenters. The van der Waals surface area contributed by atoms with Crippen LogP contribution in [0.1, 0.15) is 38.8 Å². The first-order chi connectivity index (χ1) is 16.7. The number of halogens is 3. The fraction of sp³-hybridized carbons (Fsp3) is 0.346. The first-order valence-electron chi connectivity index (χ1n) is 11.2. The summed E-state index contributed by atoms with van der Waals surface area (Å²) in [5, 5.41) is 12.8. The highest BCUT2D eigenvalue weighted by Gasteiger charge is 2.63. The van der Waals surface area contributed by atoms with Crippen molar-refractivity contribution in [3.05, 3.63) is 78.0 Å². The molecule has 3 amide bonds. The van der Waals surface area contributed by atoms with Gasteiger partial charge < -0.3 is 15.3 Å². The summed E-state index contributed by atoms with van der Waals surface area (Å²) in [5.41, 5.74) is -4.68. The fourth-order valence-corrected chi connectivity index (χ4v) is 4.34. The van der Waals surface area contributed by atoms with Crippen LogP contribution in [0.25, 0.3) is 5.70 Å². The van der Waals surface area contributed by atoms with E-state index in [1.807, 2.05) is 0 Å². The topological polar surface area (TPSA) is 89.9 Å². The first kappa shape index (κ1) is 26.9. The Morgan fingerprint density at radius 3 is 2.00 bits per heavy atom. The monoisotopic (exact) mass is 503 g/mol. The average Bonchev–Trinajstić information content (AvgIpc) is 2.79. The van der Waals surface area contributed by atoms with Gasteiger partial charge in [-0.25, -0.2) is 0 Å². The minimum atomic E-state index is -5.36. The van der Waals surface area contributed by atoms with Crippen LogP contribution in [0.2, 0.25) is 0 Å². The molecule has 36 heavy (non-hydrogen) atoms. The molecule has 192 valence electrons. The van der Waals surface area contributed by atoms with E-state index in [0.717, 1.165) is 16.7 Å². The summed E-state index contributed by atoms with van der Waals surface area (Å²) in [6.07, 6.45) is -4.51. The number of carbonyl (C=O) groups is 3. The molecule has 0 bridgehead atoms. The lowest BCUT2D eigenvalue weighted by Crippen LogP contribution is -2.73.